The van der Waals surface area contributed by atoms with Crippen molar-refractivity contribution in [2.45, 2.75) is 53.3 Å². The molecule has 2 aromatic carbocycles. The van der Waals surface area contributed by atoms with Gasteiger partial charge < -0.3 is 0 Å². The van der Waals surface area contributed by atoms with Crippen LogP contribution in [0.15, 0.2) is 35.2 Å². The van der Waals surface area contributed by atoms with E-state index in [-0.39, 0.29) is 0 Å². The van der Waals surface area contributed by atoms with Crippen molar-refractivity contribution in [2.24, 2.45) is 0 Å². The van der Waals surface area contributed by atoms with E-state index < -0.39 is 69.8 Å². The van der Waals surface area contributed by atoms with Crippen LogP contribution in [0.2, 0.25) is 0 Å². The van der Waals surface area contributed by atoms with E-state index in [1.807, 2.05) is 0 Å². The van der Waals surface area contributed by atoms with E-state index in [0.717, 1.165) is 0 Å². The minimum absolute atomic E-state index is 0.539. The minimum atomic E-state index is -5.37. The normalized spacial score (nSPS) is 14.1. The average molecular weight is 565 g/mol. The number of halogens is 6. The Hall–Kier alpha value is -1.27. The van der Waals surface area contributed by atoms with Crippen molar-refractivity contribution in [1.29, 1.82) is 0 Å². The Bertz CT molecular complexity index is 1020. The predicted molar refractivity (Wildman–Crippen MR) is 99.1 cm³/mol. The second kappa shape index (κ2) is 8.01. The molecule has 0 aliphatic heterocycles. The number of hydrogen-bond acceptors (Lipinski definition) is 3. The summed E-state index contributed by atoms with van der Waals surface area (Å²) in [7, 11) is -5.37. The number of hydrogen-bond donors (Lipinski definition) is 0. The SMILES string of the molecule is CC(C)(C)[I+](OS(=O)(=O)c1c(F)c(F)c(F)c(F)c1F)(c1ccccc1)C(C)(C)C. The molecule has 0 spiro atoms. The van der Waals surface area contributed by atoms with Crippen molar-refractivity contribution < 1.29 is 51.7 Å². The Balaban J connectivity index is 2.89. The first-order valence-corrected chi connectivity index (χ1v) is 14.3. The molecule has 0 N–H and O–H groups in total. The summed E-state index contributed by atoms with van der Waals surface area (Å²) in [6.45, 7) is 10.4. The Morgan fingerprint density at radius 2 is 1.07 bits per heavy atom. The molecule has 10 heteroatoms. The van der Waals surface area contributed by atoms with Gasteiger partial charge in [-0.25, -0.2) is 0 Å². The number of benzene rings is 2. The van der Waals surface area contributed by atoms with E-state index in [1.54, 1.807) is 71.9 Å². The van der Waals surface area contributed by atoms with Crippen molar-refractivity contribution in [3.05, 3.63) is 63.0 Å². The molecule has 2 rings (SSSR count). The van der Waals surface area contributed by atoms with Gasteiger partial charge in [-0.1, -0.05) is 0 Å². The zero-order valence-corrected chi connectivity index (χ0v) is 20.3. The Morgan fingerprint density at radius 1 is 0.700 bits per heavy atom. The van der Waals surface area contributed by atoms with E-state index in [0.29, 0.717) is 3.57 Å². The van der Waals surface area contributed by atoms with Gasteiger partial charge in [-0.3, -0.25) is 0 Å². The molecule has 30 heavy (non-hydrogen) atoms. The molecular weight excluding hydrogens is 542 g/mol. The van der Waals surface area contributed by atoms with Gasteiger partial charge in [-0.2, -0.15) is 0 Å². The van der Waals surface area contributed by atoms with Gasteiger partial charge in [0.05, 0.1) is 0 Å². The summed E-state index contributed by atoms with van der Waals surface area (Å²) in [5.41, 5.74) is 0. The van der Waals surface area contributed by atoms with E-state index in [2.05, 4.69) is 0 Å². The summed E-state index contributed by atoms with van der Waals surface area (Å²) in [6, 6.07) is 8.35. The molecular formula is C20H23F5IO3S+. The molecule has 0 radical (unpaired) electrons. The second-order valence-corrected chi connectivity index (χ2v) is 21.5. The molecule has 0 atom stereocenters. The van der Waals surface area contributed by atoms with Crippen molar-refractivity contribution in [1.82, 2.24) is 0 Å². The summed E-state index contributed by atoms with van der Waals surface area (Å²) in [5, 5.41) is 0. The molecule has 0 amide bonds. The zero-order chi connectivity index (χ0) is 23.3. The van der Waals surface area contributed by atoms with Crippen molar-refractivity contribution in [2.75, 3.05) is 0 Å². The van der Waals surface area contributed by atoms with Crippen molar-refractivity contribution in [3.63, 3.8) is 0 Å². The summed E-state index contributed by atoms with van der Waals surface area (Å²) >= 11 is -4.34. The van der Waals surface area contributed by atoms with Crippen LogP contribution in [0.1, 0.15) is 41.5 Å². The van der Waals surface area contributed by atoms with Gasteiger partial charge in [0.25, 0.3) is 0 Å². The maximum absolute atomic E-state index is 14.3. The molecule has 0 aromatic heterocycles. The van der Waals surface area contributed by atoms with Gasteiger partial charge in [0.2, 0.25) is 0 Å². The fourth-order valence-electron chi connectivity index (χ4n) is 3.28. The first-order valence-electron chi connectivity index (χ1n) is 8.78. The predicted octanol–water partition coefficient (Wildman–Crippen LogP) is 2.63. The standard InChI is InChI=1S/C20H23F5IO3S/c1-19(2,3)26(20(4,5)6,12-10-8-7-9-11-12)29-30(27,28)18-16(24)14(22)13(21)15(23)17(18)25/h7-11H,1-6H3/q+1. The number of rotatable bonds is 4. The van der Waals surface area contributed by atoms with E-state index in [1.165, 1.54) is 0 Å². The van der Waals surface area contributed by atoms with Gasteiger partial charge in [0.1, 0.15) is 0 Å². The Morgan fingerprint density at radius 3 is 1.43 bits per heavy atom. The van der Waals surface area contributed by atoms with Crippen LogP contribution in [-0.2, 0) is 12.6 Å². The molecule has 2 aromatic rings. The molecule has 0 saturated heterocycles. The Kier molecular flexibility index (Phi) is 6.67. The molecule has 0 fully saturated rings. The first-order chi connectivity index (χ1) is 13.5. The third kappa shape index (κ3) is 3.97. The van der Waals surface area contributed by atoms with Gasteiger partial charge in [0, 0.05) is 0 Å². The van der Waals surface area contributed by atoms with Crippen LogP contribution in [0.5, 0.6) is 0 Å². The third-order valence-electron chi connectivity index (χ3n) is 4.23. The van der Waals surface area contributed by atoms with Crippen LogP contribution in [0, 0.1) is 32.7 Å². The van der Waals surface area contributed by atoms with E-state index >= 15 is 0 Å². The van der Waals surface area contributed by atoms with Crippen LogP contribution < -0.4 is 18.8 Å². The van der Waals surface area contributed by atoms with Gasteiger partial charge in [-0.15, -0.1) is 0 Å². The van der Waals surface area contributed by atoms with Crippen molar-refractivity contribution in [3.8, 4) is 0 Å². The molecule has 0 aliphatic rings. The topological polar surface area (TPSA) is 43.4 Å². The Labute approximate surface area is 177 Å². The first kappa shape index (κ1) is 25.0. The molecule has 0 unspecified atom stereocenters. The quantitative estimate of drug-likeness (QED) is 0.188. The van der Waals surface area contributed by atoms with Gasteiger partial charge >= 0.3 is 178 Å². The zero-order valence-electron chi connectivity index (χ0n) is 17.3. The van der Waals surface area contributed by atoms with Gasteiger partial charge in [-0.05, 0) is 0 Å². The third-order valence-corrected chi connectivity index (χ3v) is 20.1. The molecule has 3 nitrogen and oxygen atoms in total. The molecule has 0 saturated carbocycles. The van der Waals surface area contributed by atoms with E-state index in [9.17, 15) is 30.4 Å². The fraction of sp³-hybridized carbons (Fsp3) is 0.400. The molecule has 0 aliphatic carbocycles. The maximum atomic E-state index is 14.3. The van der Waals surface area contributed by atoms with Crippen LogP contribution in [-0.4, -0.2) is 15.3 Å². The van der Waals surface area contributed by atoms with Crippen LogP contribution in [0.25, 0.3) is 0 Å². The second-order valence-electron chi connectivity index (χ2n) is 8.36. The van der Waals surface area contributed by atoms with Crippen molar-refractivity contribution >= 4 is 10.1 Å². The molecule has 168 valence electrons. The van der Waals surface area contributed by atoms with E-state index in [4.69, 9.17) is 2.51 Å². The average Bonchev–Trinajstić information content (AvgIpc) is 2.61. The molecule has 0 heterocycles. The fourth-order valence-corrected chi connectivity index (χ4v) is 21.2. The van der Waals surface area contributed by atoms with Crippen LogP contribution in [0.3, 0.4) is 0 Å². The monoisotopic (exact) mass is 565 g/mol. The summed E-state index contributed by atoms with van der Waals surface area (Å²) in [6.07, 6.45) is 0. The van der Waals surface area contributed by atoms with Gasteiger partial charge in [0.15, 0.2) is 0 Å². The van der Waals surface area contributed by atoms with Crippen LogP contribution >= 0.6 is 0 Å². The molecule has 0 bridgehead atoms. The summed E-state index contributed by atoms with van der Waals surface area (Å²) < 4.78 is 100. The summed E-state index contributed by atoms with van der Waals surface area (Å²) in [5.74, 6) is -12.0. The summed E-state index contributed by atoms with van der Waals surface area (Å²) in [4.78, 5) is -1.98. The number of alkyl halides is 2. The van der Waals surface area contributed by atoms with Crippen LogP contribution in [0.4, 0.5) is 22.0 Å².